The molecule has 0 atom stereocenters. The van der Waals surface area contributed by atoms with E-state index in [9.17, 15) is 14.9 Å². The first-order chi connectivity index (χ1) is 13.3. The summed E-state index contributed by atoms with van der Waals surface area (Å²) in [6.07, 6.45) is 1.49. The van der Waals surface area contributed by atoms with Crippen molar-refractivity contribution in [1.82, 2.24) is 0 Å². The Morgan fingerprint density at radius 2 is 2.07 bits per heavy atom. The van der Waals surface area contributed by atoms with E-state index in [2.05, 4.69) is 27.9 Å². The number of hydrogen-bond donors (Lipinski definition) is 1. The number of esters is 1. The van der Waals surface area contributed by atoms with Crippen LogP contribution >= 0.6 is 33.9 Å². The maximum Gasteiger partial charge on any atom is 0.341 e. The molecule has 0 saturated heterocycles. The average Bonchev–Trinajstić information content (AvgIpc) is 2.93. The number of thiophene rings is 1. The minimum Gasteiger partial charge on any atom is -0.496 e. The Hall–Kier alpha value is -2.38. The van der Waals surface area contributed by atoms with Gasteiger partial charge in [-0.3, -0.25) is 4.79 Å². The van der Waals surface area contributed by atoms with Crippen molar-refractivity contribution in [3.63, 3.8) is 0 Å². The molecule has 0 fully saturated rings. The molecule has 1 heterocycles. The van der Waals surface area contributed by atoms with Crippen molar-refractivity contribution in [1.29, 1.82) is 5.26 Å². The fourth-order valence-electron chi connectivity index (χ4n) is 2.42. The van der Waals surface area contributed by atoms with Gasteiger partial charge in [0.05, 0.1) is 22.9 Å². The lowest BCUT2D eigenvalue weighted by Gasteiger charge is -2.07. The largest absolute Gasteiger partial charge is 0.496 e. The Kier molecular flexibility index (Phi) is 7.60. The summed E-state index contributed by atoms with van der Waals surface area (Å²) in [6.45, 7) is 5.62. The maximum atomic E-state index is 12.6. The van der Waals surface area contributed by atoms with Gasteiger partial charge in [-0.25, -0.2) is 4.79 Å². The van der Waals surface area contributed by atoms with Crippen LogP contribution in [-0.4, -0.2) is 25.6 Å². The molecule has 28 heavy (non-hydrogen) atoms. The summed E-state index contributed by atoms with van der Waals surface area (Å²) in [5.74, 6) is -0.365. The molecule has 2 aromatic rings. The van der Waals surface area contributed by atoms with Gasteiger partial charge in [-0.1, -0.05) is 6.07 Å². The van der Waals surface area contributed by atoms with E-state index >= 15 is 0 Å². The number of methoxy groups -OCH3 is 1. The third-order valence-corrected chi connectivity index (χ3v) is 5.91. The van der Waals surface area contributed by atoms with Crippen molar-refractivity contribution in [2.24, 2.45) is 0 Å². The Morgan fingerprint density at radius 3 is 2.64 bits per heavy atom. The molecule has 6 nitrogen and oxygen atoms in total. The predicted molar refractivity (Wildman–Crippen MR) is 118 cm³/mol. The van der Waals surface area contributed by atoms with Gasteiger partial charge in [-0.05, 0) is 72.7 Å². The van der Waals surface area contributed by atoms with Crippen LogP contribution in [0.25, 0.3) is 6.08 Å². The van der Waals surface area contributed by atoms with E-state index in [0.717, 1.165) is 14.0 Å². The molecule has 1 amide bonds. The normalized spacial score (nSPS) is 10.9. The number of carbonyl (C=O) groups excluding carboxylic acids is 2. The molecule has 146 valence electrons. The molecule has 2 rings (SSSR count). The Balaban J connectivity index is 2.33. The summed E-state index contributed by atoms with van der Waals surface area (Å²) < 4.78 is 11.2. The number of nitrogens with one attached hydrogen (secondary N) is 1. The fourth-order valence-corrected chi connectivity index (χ4v) is 4.23. The molecule has 0 bridgehead atoms. The highest BCUT2D eigenvalue weighted by Gasteiger charge is 2.23. The molecule has 0 aliphatic rings. The number of halogens is 1. The second-order valence-corrected chi connectivity index (χ2v) is 8.11. The summed E-state index contributed by atoms with van der Waals surface area (Å²) in [5, 5.41) is 12.5. The van der Waals surface area contributed by atoms with Crippen LogP contribution in [0.2, 0.25) is 0 Å². The van der Waals surface area contributed by atoms with E-state index in [1.54, 1.807) is 33.1 Å². The zero-order chi connectivity index (χ0) is 20.8. The van der Waals surface area contributed by atoms with Crippen LogP contribution < -0.4 is 10.1 Å². The predicted octanol–water partition coefficient (Wildman–Crippen LogP) is 4.70. The summed E-state index contributed by atoms with van der Waals surface area (Å²) in [4.78, 5) is 25.8. The summed E-state index contributed by atoms with van der Waals surface area (Å²) in [7, 11) is 1.58. The third kappa shape index (κ3) is 4.91. The summed E-state index contributed by atoms with van der Waals surface area (Å²) in [5.41, 5.74) is 1.71. The molecule has 0 unspecified atom stereocenters. The van der Waals surface area contributed by atoms with Crippen molar-refractivity contribution < 1.29 is 19.1 Å². The van der Waals surface area contributed by atoms with Gasteiger partial charge in [-0.2, -0.15) is 5.26 Å². The van der Waals surface area contributed by atoms with Crippen LogP contribution in [-0.2, 0) is 9.53 Å². The standard InChI is InChI=1S/C20H19IN2O4S/c1-5-27-20(25)17-11(2)12(3)28-19(17)23-18(24)14(10-22)8-13-6-7-16(26-4)15(21)9-13/h6-9H,5H2,1-4H3,(H,23,24)/b14-8+. The van der Waals surface area contributed by atoms with Crippen LogP contribution in [0.4, 0.5) is 5.00 Å². The highest BCUT2D eigenvalue weighted by molar-refractivity contribution is 14.1. The number of nitrogens with zero attached hydrogens (tertiary/aromatic N) is 1. The van der Waals surface area contributed by atoms with Gasteiger partial charge >= 0.3 is 5.97 Å². The van der Waals surface area contributed by atoms with Crippen molar-refractivity contribution in [2.45, 2.75) is 20.8 Å². The van der Waals surface area contributed by atoms with Crippen molar-refractivity contribution >= 4 is 56.9 Å². The van der Waals surface area contributed by atoms with Gasteiger partial charge in [0.2, 0.25) is 0 Å². The molecule has 1 aromatic heterocycles. The topological polar surface area (TPSA) is 88.4 Å². The zero-order valence-corrected chi connectivity index (χ0v) is 18.9. The van der Waals surface area contributed by atoms with E-state index in [-0.39, 0.29) is 12.2 Å². The third-order valence-electron chi connectivity index (χ3n) is 3.94. The SMILES string of the molecule is CCOC(=O)c1c(NC(=O)/C(C#N)=C/c2ccc(OC)c(I)c2)sc(C)c1C. The van der Waals surface area contributed by atoms with Crippen LogP contribution in [0.1, 0.15) is 33.3 Å². The molecular weight excluding hydrogens is 491 g/mol. The van der Waals surface area contributed by atoms with Crippen molar-refractivity contribution in [3.05, 3.63) is 48.9 Å². The number of carbonyl (C=O) groups is 2. The first-order valence-electron chi connectivity index (χ1n) is 8.36. The fraction of sp³-hybridized carbons (Fsp3) is 0.250. The second kappa shape index (κ2) is 9.71. The monoisotopic (exact) mass is 510 g/mol. The molecule has 0 radical (unpaired) electrons. The van der Waals surface area contributed by atoms with E-state index in [4.69, 9.17) is 9.47 Å². The summed E-state index contributed by atoms with van der Waals surface area (Å²) >= 11 is 3.40. The van der Waals surface area contributed by atoms with Crippen LogP contribution in [0, 0.1) is 28.7 Å². The van der Waals surface area contributed by atoms with E-state index in [1.165, 1.54) is 17.4 Å². The lowest BCUT2D eigenvalue weighted by Crippen LogP contribution is -2.16. The molecular formula is C20H19IN2O4S. The van der Waals surface area contributed by atoms with E-state index < -0.39 is 11.9 Å². The lowest BCUT2D eigenvalue weighted by molar-refractivity contribution is -0.112. The Morgan fingerprint density at radius 1 is 1.36 bits per heavy atom. The number of aryl methyl sites for hydroxylation is 1. The number of amides is 1. The number of benzene rings is 1. The first-order valence-corrected chi connectivity index (χ1v) is 10.3. The molecule has 0 spiro atoms. The van der Waals surface area contributed by atoms with Gasteiger partial charge in [0.15, 0.2) is 0 Å². The maximum absolute atomic E-state index is 12.6. The van der Waals surface area contributed by atoms with Crippen LogP contribution in [0.15, 0.2) is 23.8 Å². The molecule has 1 aromatic carbocycles. The average molecular weight is 510 g/mol. The molecule has 8 heteroatoms. The van der Waals surface area contributed by atoms with Gasteiger partial charge in [0.25, 0.3) is 5.91 Å². The minimum atomic E-state index is -0.583. The van der Waals surface area contributed by atoms with Gasteiger partial charge in [0, 0.05) is 4.88 Å². The Labute approximate surface area is 181 Å². The highest BCUT2D eigenvalue weighted by Crippen LogP contribution is 2.33. The number of nitriles is 1. The van der Waals surface area contributed by atoms with E-state index in [1.807, 2.05) is 19.1 Å². The van der Waals surface area contributed by atoms with Crippen LogP contribution in [0.5, 0.6) is 5.75 Å². The van der Waals surface area contributed by atoms with E-state index in [0.29, 0.717) is 21.9 Å². The second-order valence-electron chi connectivity index (χ2n) is 5.73. The number of hydrogen-bond acceptors (Lipinski definition) is 6. The van der Waals surface area contributed by atoms with Gasteiger partial charge < -0.3 is 14.8 Å². The lowest BCUT2D eigenvalue weighted by atomic mass is 10.1. The molecule has 0 saturated carbocycles. The first kappa shape index (κ1) is 21.9. The molecule has 0 aliphatic carbocycles. The van der Waals surface area contributed by atoms with Crippen molar-refractivity contribution in [2.75, 3.05) is 19.0 Å². The van der Waals surface area contributed by atoms with Gasteiger partial charge in [0.1, 0.15) is 22.4 Å². The number of ether oxygens (including phenoxy) is 2. The smallest absolute Gasteiger partial charge is 0.341 e. The molecule has 1 N–H and O–H groups in total. The number of anilines is 1. The minimum absolute atomic E-state index is 0.0699. The number of rotatable bonds is 6. The van der Waals surface area contributed by atoms with Crippen molar-refractivity contribution in [3.8, 4) is 11.8 Å². The highest BCUT2D eigenvalue weighted by atomic mass is 127. The zero-order valence-electron chi connectivity index (χ0n) is 15.9. The Bertz CT molecular complexity index is 989. The van der Waals surface area contributed by atoms with Crippen LogP contribution in [0.3, 0.4) is 0 Å². The van der Waals surface area contributed by atoms with Gasteiger partial charge in [-0.15, -0.1) is 11.3 Å². The molecule has 0 aliphatic heterocycles. The summed E-state index contributed by atoms with van der Waals surface area (Å²) in [6, 6.07) is 7.26. The quantitative estimate of drug-likeness (QED) is 0.264.